The third-order valence-corrected chi connectivity index (χ3v) is 2.35. The van der Waals surface area contributed by atoms with E-state index in [4.69, 9.17) is 5.26 Å². The molecule has 0 radical (unpaired) electrons. The number of pyridine rings is 1. The molecule has 0 saturated carbocycles. The van der Waals surface area contributed by atoms with Crippen LogP contribution in [0, 0.1) is 11.3 Å². The standard InChI is InChI=1S/C10H12N4/c11-5-10(14-9-6-13-7-9)8-1-3-12-4-2-8/h1-4,9-10,13-14H,6-7H2. The molecule has 1 fully saturated rings. The summed E-state index contributed by atoms with van der Waals surface area (Å²) in [7, 11) is 0. The van der Waals surface area contributed by atoms with Gasteiger partial charge in [0, 0.05) is 31.5 Å². The first-order chi connectivity index (χ1) is 6.90. The summed E-state index contributed by atoms with van der Waals surface area (Å²) in [5.74, 6) is 0. The van der Waals surface area contributed by atoms with Crippen LogP contribution in [0.5, 0.6) is 0 Å². The number of nitrogens with zero attached hydrogens (tertiary/aromatic N) is 2. The molecule has 1 aliphatic rings. The maximum atomic E-state index is 8.99. The Morgan fingerprint density at radius 2 is 2.21 bits per heavy atom. The van der Waals surface area contributed by atoms with Crippen LogP contribution in [0.15, 0.2) is 24.5 Å². The summed E-state index contributed by atoms with van der Waals surface area (Å²) < 4.78 is 0. The molecular formula is C10H12N4. The monoisotopic (exact) mass is 188 g/mol. The van der Waals surface area contributed by atoms with E-state index in [1.165, 1.54) is 0 Å². The van der Waals surface area contributed by atoms with E-state index in [-0.39, 0.29) is 6.04 Å². The van der Waals surface area contributed by atoms with Crippen molar-refractivity contribution >= 4 is 0 Å². The molecule has 0 bridgehead atoms. The Kier molecular flexibility index (Phi) is 2.73. The topological polar surface area (TPSA) is 60.7 Å². The minimum atomic E-state index is -0.218. The Labute approximate surface area is 83.0 Å². The zero-order valence-corrected chi connectivity index (χ0v) is 7.77. The van der Waals surface area contributed by atoms with Crippen LogP contribution >= 0.6 is 0 Å². The van der Waals surface area contributed by atoms with Crippen LogP contribution in [-0.4, -0.2) is 24.1 Å². The Hall–Kier alpha value is -1.44. The summed E-state index contributed by atoms with van der Waals surface area (Å²) in [6, 6.07) is 6.19. The fourth-order valence-electron chi connectivity index (χ4n) is 1.41. The first-order valence-electron chi connectivity index (χ1n) is 4.66. The van der Waals surface area contributed by atoms with Crippen molar-refractivity contribution in [2.24, 2.45) is 0 Å². The molecule has 14 heavy (non-hydrogen) atoms. The van der Waals surface area contributed by atoms with Gasteiger partial charge in [-0.15, -0.1) is 0 Å². The third-order valence-electron chi connectivity index (χ3n) is 2.35. The first-order valence-corrected chi connectivity index (χ1v) is 4.66. The third kappa shape index (κ3) is 1.90. The fraction of sp³-hybridized carbons (Fsp3) is 0.400. The molecule has 1 aliphatic heterocycles. The molecule has 2 N–H and O–H groups in total. The lowest BCUT2D eigenvalue weighted by atomic mass is 10.1. The van der Waals surface area contributed by atoms with Gasteiger partial charge in [0.1, 0.15) is 6.04 Å². The fourth-order valence-corrected chi connectivity index (χ4v) is 1.41. The molecule has 4 nitrogen and oxygen atoms in total. The molecule has 2 heterocycles. The van der Waals surface area contributed by atoms with E-state index in [0.29, 0.717) is 6.04 Å². The first kappa shape index (κ1) is 9.13. The van der Waals surface area contributed by atoms with Crippen molar-refractivity contribution in [3.63, 3.8) is 0 Å². The van der Waals surface area contributed by atoms with Crippen molar-refractivity contribution < 1.29 is 0 Å². The lowest BCUT2D eigenvalue weighted by molar-refractivity contribution is 0.352. The molecule has 1 unspecified atom stereocenters. The maximum absolute atomic E-state index is 8.99. The highest BCUT2D eigenvalue weighted by Gasteiger charge is 2.21. The second kappa shape index (κ2) is 4.18. The largest absolute Gasteiger partial charge is 0.314 e. The van der Waals surface area contributed by atoms with Crippen molar-refractivity contribution in [2.75, 3.05) is 13.1 Å². The van der Waals surface area contributed by atoms with Crippen molar-refractivity contribution in [1.29, 1.82) is 5.26 Å². The van der Waals surface area contributed by atoms with Crippen LogP contribution in [0.1, 0.15) is 11.6 Å². The molecule has 0 amide bonds. The average molecular weight is 188 g/mol. The quantitative estimate of drug-likeness (QED) is 0.711. The normalized spacial score (nSPS) is 18.2. The van der Waals surface area contributed by atoms with Gasteiger partial charge in [-0.25, -0.2) is 0 Å². The lowest BCUT2D eigenvalue weighted by Crippen LogP contribution is -2.55. The predicted octanol–water partition coefficient (Wildman–Crippen LogP) is 0.208. The van der Waals surface area contributed by atoms with Gasteiger partial charge in [0.05, 0.1) is 6.07 Å². The van der Waals surface area contributed by atoms with Crippen molar-refractivity contribution in [3.05, 3.63) is 30.1 Å². The van der Waals surface area contributed by atoms with Crippen LogP contribution in [-0.2, 0) is 0 Å². The number of nitriles is 1. The number of rotatable bonds is 3. The zero-order valence-electron chi connectivity index (χ0n) is 7.77. The summed E-state index contributed by atoms with van der Waals surface area (Å²) in [6.45, 7) is 1.90. The Bertz CT molecular complexity index is 326. The van der Waals surface area contributed by atoms with E-state index < -0.39 is 0 Å². The smallest absolute Gasteiger partial charge is 0.121 e. The zero-order chi connectivity index (χ0) is 9.80. The van der Waals surface area contributed by atoms with Crippen molar-refractivity contribution in [2.45, 2.75) is 12.1 Å². The summed E-state index contributed by atoms with van der Waals surface area (Å²) in [5.41, 5.74) is 0.981. The lowest BCUT2D eigenvalue weighted by Gasteiger charge is -2.30. The second-order valence-corrected chi connectivity index (χ2v) is 3.36. The molecule has 0 aromatic carbocycles. The average Bonchev–Trinajstić information content (AvgIpc) is 2.18. The van der Waals surface area contributed by atoms with Crippen LogP contribution in [0.25, 0.3) is 0 Å². The van der Waals surface area contributed by atoms with E-state index in [0.717, 1.165) is 18.7 Å². The number of nitrogens with one attached hydrogen (secondary N) is 2. The predicted molar refractivity (Wildman–Crippen MR) is 52.4 cm³/mol. The van der Waals surface area contributed by atoms with E-state index in [1.807, 2.05) is 12.1 Å². The van der Waals surface area contributed by atoms with Crippen LogP contribution in [0.3, 0.4) is 0 Å². The second-order valence-electron chi connectivity index (χ2n) is 3.36. The van der Waals surface area contributed by atoms with Gasteiger partial charge in [-0.3, -0.25) is 10.3 Å². The molecule has 1 saturated heterocycles. The minimum Gasteiger partial charge on any atom is -0.314 e. The number of hydrogen-bond donors (Lipinski definition) is 2. The molecule has 1 aromatic rings. The number of hydrogen-bond acceptors (Lipinski definition) is 4. The van der Waals surface area contributed by atoms with Gasteiger partial charge in [0.25, 0.3) is 0 Å². The van der Waals surface area contributed by atoms with Gasteiger partial charge in [0.2, 0.25) is 0 Å². The Morgan fingerprint density at radius 1 is 1.50 bits per heavy atom. The van der Waals surface area contributed by atoms with Gasteiger partial charge in [0.15, 0.2) is 0 Å². The van der Waals surface area contributed by atoms with Crippen LogP contribution in [0.4, 0.5) is 0 Å². The summed E-state index contributed by atoms with van der Waals surface area (Å²) in [4.78, 5) is 3.93. The van der Waals surface area contributed by atoms with E-state index in [1.54, 1.807) is 12.4 Å². The highest BCUT2D eigenvalue weighted by Crippen LogP contribution is 2.11. The molecule has 2 rings (SSSR count). The Morgan fingerprint density at radius 3 is 2.71 bits per heavy atom. The summed E-state index contributed by atoms with van der Waals surface area (Å²) in [6.07, 6.45) is 3.42. The number of aromatic nitrogens is 1. The highest BCUT2D eigenvalue weighted by molar-refractivity contribution is 5.21. The van der Waals surface area contributed by atoms with Crippen molar-refractivity contribution in [1.82, 2.24) is 15.6 Å². The minimum absolute atomic E-state index is 0.218. The van der Waals surface area contributed by atoms with Crippen molar-refractivity contribution in [3.8, 4) is 6.07 Å². The SMILES string of the molecule is N#CC(NC1CNC1)c1ccncc1. The highest BCUT2D eigenvalue weighted by atomic mass is 15.1. The van der Waals surface area contributed by atoms with Gasteiger partial charge in [-0.2, -0.15) is 5.26 Å². The molecule has 72 valence electrons. The molecular weight excluding hydrogens is 176 g/mol. The molecule has 0 spiro atoms. The van der Waals surface area contributed by atoms with Crippen LogP contribution in [0.2, 0.25) is 0 Å². The van der Waals surface area contributed by atoms with Gasteiger partial charge in [-0.1, -0.05) is 0 Å². The van der Waals surface area contributed by atoms with Gasteiger partial charge < -0.3 is 5.32 Å². The molecule has 1 atom stereocenters. The Balaban J connectivity index is 2.02. The van der Waals surface area contributed by atoms with E-state index in [2.05, 4.69) is 21.7 Å². The van der Waals surface area contributed by atoms with Gasteiger partial charge in [-0.05, 0) is 17.7 Å². The van der Waals surface area contributed by atoms with E-state index in [9.17, 15) is 0 Å². The molecule has 1 aromatic heterocycles. The van der Waals surface area contributed by atoms with E-state index >= 15 is 0 Å². The van der Waals surface area contributed by atoms with Crippen LogP contribution < -0.4 is 10.6 Å². The molecule has 4 heteroatoms. The summed E-state index contributed by atoms with van der Waals surface area (Å²) >= 11 is 0. The molecule has 0 aliphatic carbocycles. The summed E-state index contributed by atoms with van der Waals surface area (Å²) in [5, 5.41) is 15.4. The maximum Gasteiger partial charge on any atom is 0.121 e. The van der Waals surface area contributed by atoms with Gasteiger partial charge >= 0.3 is 0 Å².